The number of para-hydroxylation sites is 3. The molecule has 6 heteroatoms. The Bertz CT molecular complexity index is 2380. The summed E-state index contributed by atoms with van der Waals surface area (Å²) in [5.41, 5.74) is 13.0. The van der Waals surface area contributed by atoms with Crippen molar-refractivity contribution in [2.75, 3.05) is 23.5 Å². The molecule has 0 radical (unpaired) electrons. The Balaban J connectivity index is 1.32. The number of nitrogens with zero attached hydrogens (tertiary/aromatic N) is 6. The zero-order chi connectivity index (χ0) is 31.3. The largest absolute Gasteiger partial charge is 0.361 e. The Morgan fingerprint density at radius 3 is 2.33 bits per heavy atom. The molecule has 0 unspecified atom stereocenters. The van der Waals surface area contributed by atoms with Crippen molar-refractivity contribution in [1.82, 2.24) is 14.0 Å². The van der Waals surface area contributed by atoms with Gasteiger partial charge in [0.1, 0.15) is 0 Å². The van der Waals surface area contributed by atoms with E-state index in [0.717, 1.165) is 34.8 Å². The lowest BCUT2D eigenvalue weighted by Crippen LogP contribution is -2.26. The zero-order valence-corrected chi connectivity index (χ0v) is 26.9. The van der Waals surface area contributed by atoms with Gasteiger partial charge in [-0.2, -0.15) is 0 Å². The minimum atomic E-state index is 0.0619. The average Bonchev–Trinajstić information content (AvgIpc) is 3.75. The van der Waals surface area contributed by atoms with Crippen molar-refractivity contribution in [3.05, 3.63) is 127 Å². The summed E-state index contributed by atoms with van der Waals surface area (Å²) >= 11 is 0. The number of hydrogen-bond donors (Lipinski definition) is 0. The summed E-state index contributed by atoms with van der Waals surface area (Å²) in [5.74, 6) is 0. The topological polar surface area (TPSA) is 23.5 Å². The van der Waals surface area contributed by atoms with Gasteiger partial charge in [-0.3, -0.25) is 0 Å². The van der Waals surface area contributed by atoms with Gasteiger partial charge in [-0.25, -0.2) is 0 Å². The van der Waals surface area contributed by atoms with E-state index in [0.29, 0.717) is 0 Å². The van der Waals surface area contributed by atoms with Crippen LogP contribution >= 0.6 is 0 Å². The van der Waals surface area contributed by atoms with Gasteiger partial charge < -0.3 is 28.4 Å². The molecule has 226 valence electrons. The summed E-state index contributed by atoms with van der Waals surface area (Å²) in [6, 6.07) is 38.0. The molecule has 0 amide bonds. The number of fused-ring (bicyclic) bond motifs is 6. The van der Waals surface area contributed by atoms with Gasteiger partial charge in [0.25, 0.3) is 0 Å². The van der Waals surface area contributed by atoms with E-state index >= 15 is 0 Å². The van der Waals surface area contributed by atoms with Crippen molar-refractivity contribution < 1.29 is 4.57 Å². The maximum Gasteiger partial charge on any atom is 0.244 e. The molecule has 5 aromatic carbocycles. The van der Waals surface area contributed by atoms with Gasteiger partial charge in [0, 0.05) is 41.6 Å². The average molecular weight is 601 g/mol. The van der Waals surface area contributed by atoms with Crippen LogP contribution in [-0.2, 0) is 12.5 Å². The van der Waals surface area contributed by atoms with Crippen LogP contribution in [-0.4, -0.2) is 27.8 Å². The second-order valence-electron chi connectivity index (χ2n) is 13.7. The van der Waals surface area contributed by atoms with Crippen LogP contribution in [0.5, 0.6) is 0 Å². The highest BCUT2D eigenvalue weighted by Gasteiger charge is 2.30. The first-order valence-corrected chi connectivity index (χ1v) is 15.9. The summed E-state index contributed by atoms with van der Waals surface area (Å²) in [6.07, 6.45) is 7.82. The number of rotatable bonds is 3. The van der Waals surface area contributed by atoms with Crippen molar-refractivity contribution in [3.8, 4) is 11.4 Å². The predicted molar refractivity (Wildman–Crippen MR) is 189 cm³/mol. The highest BCUT2D eigenvalue weighted by Crippen LogP contribution is 2.51. The Hall–Kier alpha value is -5.49. The molecule has 0 atom stereocenters. The van der Waals surface area contributed by atoms with Gasteiger partial charge in [0.15, 0.2) is 0 Å². The molecule has 2 aliphatic rings. The summed E-state index contributed by atoms with van der Waals surface area (Å²) in [4.78, 5) is 6.95. The molecular formula is C40H36N6. The monoisotopic (exact) mass is 600 g/mol. The zero-order valence-electron chi connectivity index (χ0n) is 26.9. The number of benzene rings is 5. The molecule has 0 N–H and O–H groups in total. The van der Waals surface area contributed by atoms with Gasteiger partial charge >= 0.3 is 0 Å². The number of anilines is 4. The highest BCUT2D eigenvalue weighted by atomic mass is 15.3. The lowest BCUT2D eigenvalue weighted by Gasteiger charge is -2.34. The molecule has 0 saturated heterocycles. The SMILES string of the molecule is CN1C=CN(c2ccc3c(c2)N(c2cccc(-n4[c-][n+](C)c5ccccc54)c2)c2cccc4c5cc(C(C)(C)C)ccc5n-3c24)C1. The molecule has 46 heavy (non-hydrogen) atoms. The van der Waals surface area contributed by atoms with Crippen LogP contribution in [0.4, 0.5) is 22.7 Å². The Labute approximate surface area is 269 Å². The molecule has 0 aliphatic carbocycles. The third-order valence-electron chi connectivity index (χ3n) is 9.60. The molecule has 2 aromatic heterocycles. The number of aromatic nitrogens is 3. The van der Waals surface area contributed by atoms with Crippen LogP contribution in [0, 0.1) is 6.33 Å². The maximum atomic E-state index is 3.53. The van der Waals surface area contributed by atoms with Crippen molar-refractivity contribution in [3.63, 3.8) is 0 Å². The van der Waals surface area contributed by atoms with E-state index in [9.17, 15) is 0 Å². The third-order valence-corrected chi connectivity index (χ3v) is 9.60. The quantitative estimate of drug-likeness (QED) is 0.150. The van der Waals surface area contributed by atoms with Crippen molar-refractivity contribution in [2.24, 2.45) is 7.05 Å². The first-order chi connectivity index (χ1) is 22.3. The van der Waals surface area contributed by atoms with Crippen LogP contribution in [0.25, 0.3) is 44.2 Å². The molecule has 0 spiro atoms. The van der Waals surface area contributed by atoms with Crippen molar-refractivity contribution in [2.45, 2.75) is 26.2 Å². The minimum absolute atomic E-state index is 0.0619. The summed E-state index contributed by atoms with van der Waals surface area (Å²) < 4.78 is 6.71. The van der Waals surface area contributed by atoms with Gasteiger partial charge in [-0.1, -0.05) is 75.4 Å². The summed E-state index contributed by atoms with van der Waals surface area (Å²) in [7, 11) is 4.17. The van der Waals surface area contributed by atoms with Gasteiger partial charge in [0.2, 0.25) is 6.33 Å². The fourth-order valence-corrected chi connectivity index (χ4v) is 7.27. The fourth-order valence-electron chi connectivity index (χ4n) is 7.27. The van der Waals surface area contributed by atoms with Crippen molar-refractivity contribution >= 4 is 55.6 Å². The number of hydrogen-bond acceptors (Lipinski definition) is 3. The van der Waals surface area contributed by atoms with Crippen LogP contribution in [0.15, 0.2) is 116 Å². The van der Waals surface area contributed by atoms with E-state index < -0.39 is 0 Å². The van der Waals surface area contributed by atoms with Gasteiger partial charge in [-0.05, 0) is 59.5 Å². The Morgan fingerprint density at radius 1 is 0.674 bits per heavy atom. The molecule has 6 nitrogen and oxygen atoms in total. The van der Waals surface area contributed by atoms with Crippen molar-refractivity contribution in [1.29, 1.82) is 0 Å². The molecule has 4 heterocycles. The summed E-state index contributed by atoms with van der Waals surface area (Å²) in [6.45, 7) is 7.69. The maximum absolute atomic E-state index is 3.53. The first kappa shape index (κ1) is 26.9. The first-order valence-electron chi connectivity index (χ1n) is 15.9. The van der Waals surface area contributed by atoms with E-state index in [1.807, 2.05) is 0 Å². The lowest BCUT2D eigenvalue weighted by molar-refractivity contribution is -0.649. The van der Waals surface area contributed by atoms with Gasteiger partial charge in [-0.15, -0.1) is 0 Å². The molecule has 9 rings (SSSR count). The Morgan fingerprint density at radius 2 is 1.50 bits per heavy atom. The third kappa shape index (κ3) is 3.86. The number of imidazole rings is 1. The smallest absolute Gasteiger partial charge is 0.244 e. The summed E-state index contributed by atoms with van der Waals surface area (Å²) in [5, 5.41) is 2.57. The second kappa shape index (κ2) is 9.51. The van der Waals surface area contributed by atoms with Crippen LogP contribution in [0.1, 0.15) is 26.3 Å². The van der Waals surface area contributed by atoms with E-state index in [-0.39, 0.29) is 5.41 Å². The normalized spacial score (nSPS) is 14.3. The van der Waals surface area contributed by atoms with Gasteiger partial charge in [0.05, 0.1) is 58.5 Å². The van der Waals surface area contributed by atoms with E-state index in [1.54, 1.807) is 0 Å². The standard InChI is InChI=1S/C40H36N6/c1-40(2,3)27-16-18-33-32(22-27)31-12-9-15-37-39(31)46(33)36-19-17-28(43-21-20-41(4)25-43)24-38(36)45(37)30-11-8-10-29(23-30)44-26-42(5)34-13-6-7-14-35(34)44/h6-24H,25H2,1-5H3. The lowest BCUT2D eigenvalue weighted by atomic mass is 9.86. The molecule has 2 aliphatic heterocycles. The van der Waals surface area contributed by atoms with E-state index in [4.69, 9.17) is 0 Å². The molecule has 0 bridgehead atoms. The van der Waals surface area contributed by atoms with E-state index in [1.165, 1.54) is 44.4 Å². The second-order valence-corrected chi connectivity index (χ2v) is 13.7. The van der Waals surface area contributed by atoms with E-state index in [2.05, 4.69) is 185 Å². The minimum Gasteiger partial charge on any atom is -0.361 e. The highest BCUT2D eigenvalue weighted by molar-refractivity contribution is 6.17. The molecular weight excluding hydrogens is 564 g/mol. The van der Waals surface area contributed by atoms with Crippen LogP contribution in [0.3, 0.4) is 0 Å². The molecule has 7 aromatic rings. The van der Waals surface area contributed by atoms with Crippen LogP contribution < -0.4 is 14.4 Å². The van der Waals surface area contributed by atoms with Crippen LogP contribution in [0.2, 0.25) is 0 Å². The fraction of sp³-hybridized carbons (Fsp3) is 0.175. The molecule has 0 fully saturated rings. The predicted octanol–water partition coefficient (Wildman–Crippen LogP) is 8.61. The number of aryl methyl sites for hydroxylation is 1. The molecule has 0 saturated carbocycles. The Kier molecular flexibility index (Phi) is 5.55.